The van der Waals surface area contributed by atoms with Crippen LogP contribution in [0.3, 0.4) is 0 Å². The van der Waals surface area contributed by atoms with Crippen LogP contribution in [0.1, 0.15) is 21.7 Å². The largest absolute Gasteiger partial charge is 0.467 e. The Morgan fingerprint density at radius 1 is 1.47 bits per heavy atom. The van der Waals surface area contributed by atoms with Crippen molar-refractivity contribution < 1.29 is 17.6 Å². The molecule has 0 amide bonds. The van der Waals surface area contributed by atoms with Crippen LogP contribution in [0.25, 0.3) is 0 Å². The van der Waals surface area contributed by atoms with Crippen molar-refractivity contribution in [3.63, 3.8) is 0 Å². The van der Waals surface area contributed by atoms with Crippen molar-refractivity contribution in [2.24, 2.45) is 5.84 Å². The maximum Gasteiger partial charge on any atom is 0.443 e. The molecule has 3 N–H and O–H groups in total. The molecular weight excluding hydrogens is 255 g/mol. The Bertz CT molecular complexity index is 480. The molecule has 2 aromatic rings. The van der Waals surface area contributed by atoms with E-state index in [1.807, 2.05) is 0 Å². The Labute approximate surface area is 98.2 Å². The number of furan rings is 1. The molecule has 0 aliphatic carbocycles. The van der Waals surface area contributed by atoms with E-state index >= 15 is 0 Å². The van der Waals surface area contributed by atoms with E-state index in [9.17, 15) is 13.2 Å². The summed E-state index contributed by atoms with van der Waals surface area (Å²) in [6.45, 7) is 0. The molecule has 92 valence electrons. The second-order valence-corrected chi connectivity index (χ2v) is 4.24. The van der Waals surface area contributed by atoms with E-state index in [1.54, 1.807) is 12.1 Å². The lowest BCUT2D eigenvalue weighted by molar-refractivity contribution is -0.137. The van der Waals surface area contributed by atoms with Crippen molar-refractivity contribution in [3.8, 4) is 0 Å². The van der Waals surface area contributed by atoms with E-state index in [1.165, 1.54) is 6.26 Å². The minimum Gasteiger partial charge on any atom is -0.467 e. The Balaban J connectivity index is 2.30. The summed E-state index contributed by atoms with van der Waals surface area (Å²) in [5, 5.41) is -0.903. The number of halogens is 3. The third kappa shape index (κ3) is 2.48. The number of thiazole rings is 1. The molecule has 0 fully saturated rings. The Kier molecular flexibility index (Phi) is 3.18. The molecule has 4 nitrogen and oxygen atoms in total. The van der Waals surface area contributed by atoms with Crippen molar-refractivity contribution in [3.05, 3.63) is 40.2 Å². The summed E-state index contributed by atoms with van der Waals surface area (Å²) < 4.78 is 42.2. The summed E-state index contributed by atoms with van der Waals surface area (Å²) in [5.74, 6) is 5.74. The molecule has 0 aliphatic heterocycles. The number of alkyl halides is 3. The summed E-state index contributed by atoms with van der Waals surface area (Å²) in [7, 11) is 0. The first-order valence-electron chi connectivity index (χ1n) is 4.55. The zero-order valence-electron chi connectivity index (χ0n) is 8.36. The van der Waals surface area contributed by atoms with Gasteiger partial charge in [0.05, 0.1) is 11.1 Å². The van der Waals surface area contributed by atoms with Crippen molar-refractivity contribution in [1.29, 1.82) is 0 Å². The molecule has 0 saturated carbocycles. The van der Waals surface area contributed by atoms with Gasteiger partial charge < -0.3 is 4.42 Å². The molecule has 0 radical (unpaired) electrons. The lowest BCUT2D eigenvalue weighted by Gasteiger charge is -2.10. The lowest BCUT2D eigenvalue weighted by atomic mass is 10.2. The number of nitrogens with zero attached hydrogens (tertiary/aromatic N) is 1. The van der Waals surface area contributed by atoms with Gasteiger partial charge >= 0.3 is 6.18 Å². The van der Waals surface area contributed by atoms with E-state index in [0.29, 0.717) is 22.0 Å². The number of rotatable bonds is 3. The van der Waals surface area contributed by atoms with Crippen LogP contribution in [-0.2, 0) is 6.18 Å². The Morgan fingerprint density at radius 2 is 2.24 bits per heavy atom. The van der Waals surface area contributed by atoms with Gasteiger partial charge in [0.1, 0.15) is 11.8 Å². The van der Waals surface area contributed by atoms with Crippen LogP contribution in [0, 0.1) is 0 Å². The third-order valence-corrected chi connectivity index (χ3v) is 3.15. The smallest absolute Gasteiger partial charge is 0.443 e. The number of nitrogens with two attached hydrogens (primary N) is 1. The number of hydrogen-bond acceptors (Lipinski definition) is 5. The molecule has 0 bridgehead atoms. The summed E-state index contributed by atoms with van der Waals surface area (Å²) in [6, 6.07) is 2.63. The van der Waals surface area contributed by atoms with Crippen LogP contribution in [0.4, 0.5) is 13.2 Å². The standard InChI is InChI=1S/C9H8F3N3OS/c10-9(11,12)8-14-4-6(17-8)7(15-13)5-2-1-3-16-5/h1-4,7,15H,13H2. The normalized spacial score (nSPS) is 13.9. The van der Waals surface area contributed by atoms with Crippen molar-refractivity contribution in [1.82, 2.24) is 10.4 Å². The Morgan fingerprint density at radius 3 is 2.71 bits per heavy atom. The summed E-state index contributed by atoms with van der Waals surface area (Å²) in [4.78, 5) is 3.66. The van der Waals surface area contributed by atoms with E-state index < -0.39 is 17.2 Å². The first kappa shape index (κ1) is 12.1. The number of hydrazine groups is 1. The number of hydrogen-bond donors (Lipinski definition) is 2. The fourth-order valence-electron chi connectivity index (χ4n) is 1.31. The first-order chi connectivity index (χ1) is 8.02. The van der Waals surface area contributed by atoms with Crippen LogP contribution in [-0.4, -0.2) is 4.98 Å². The highest BCUT2D eigenvalue weighted by molar-refractivity contribution is 7.11. The molecule has 1 unspecified atom stereocenters. The van der Waals surface area contributed by atoms with Crippen LogP contribution in [0.2, 0.25) is 0 Å². The maximum atomic E-state index is 12.4. The predicted octanol–water partition coefficient (Wildman–Crippen LogP) is 2.31. The molecule has 17 heavy (non-hydrogen) atoms. The van der Waals surface area contributed by atoms with Gasteiger partial charge in [-0.3, -0.25) is 5.84 Å². The van der Waals surface area contributed by atoms with E-state index in [0.717, 1.165) is 6.20 Å². The summed E-state index contributed by atoms with van der Waals surface area (Å²) in [6.07, 6.45) is -1.88. The first-order valence-corrected chi connectivity index (χ1v) is 5.36. The second-order valence-electron chi connectivity index (χ2n) is 3.18. The fraction of sp³-hybridized carbons (Fsp3) is 0.222. The molecular formula is C9H8F3N3OS. The van der Waals surface area contributed by atoms with Gasteiger partial charge in [-0.15, -0.1) is 11.3 Å². The number of nitrogens with one attached hydrogen (secondary N) is 1. The molecule has 0 aromatic carbocycles. The van der Waals surface area contributed by atoms with Crippen molar-refractivity contribution in [2.75, 3.05) is 0 Å². The van der Waals surface area contributed by atoms with Crippen LogP contribution in [0.5, 0.6) is 0 Å². The maximum absolute atomic E-state index is 12.4. The monoisotopic (exact) mass is 263 g/mol. The fourth-order valence-corrected chi connectivity index (χ4v) is 2.16. The average molecular weight is 263 g/mol. The van der Waals surface area contributed by atoms with Gasteiger partial charge in [0.25, 0.3) is 0 Å². The quantitative estimate of drug-likeness (QED) is 0.659. The molecule has 0 aliphatic rings. The Hall–Kier alpha value is -1.38. The second kappa shape index (κ2) is 4.47. The highest BCUT2D eigenvalue weighted by atomic mass is 32.1. The highest BCUT2D eigenvalue weighted by Gasteiger charge is 2.35. The molecule has 0 saturated heterocycles. The van der Waals surface area contributed by atoms with Gasteiger partial charge in [-0.05, 0) is 12.1 Å². The minimum atomic E-state index is -4.44. The van der Waals surface area contributed by atoms with Gasteiger partial charge in [-0.25, -0.2) is 10.4 Å². The van der Waals surface area contributed by atoms with E-state index in [2.05, 4.69) is 10.4 Å². The van der Waals surface area contributed by atoms with E-state index in [-0.39, 0.29) is 0 Å². The van der Waals surface area contributed by atoms with Gasteiger partial charge in [0.2, 0.25) is 0 Å². The molecule has 8 heteroatoms. The summed E-state index contributed by atoms with van der Waals surface area (Å²) >= 11 is 0.532. The van der Waals surface area contributed by atoms with Gasteiger partial charge in [0.15, 0.2) is 5.01 Å². The van der Waals surface area contributed by atoms with Crippen LogP contribution in [0.15, 0.2) is 29.0 Å². The number of aromatic nitrogens is 1. The average Bonchev–Trinajstić information content (AvgIpc) is 2.87. The molecule has 2 heterocycles. The van der Waals surface area contributed by atoms with Crippen molar-refractivity contribution in [2.45, 2.75) is 12.2 Å². The minimum absolute atomic E-state index is 0.342. The van der Waals surface area contributed by atoms with Crippen molar-refractivity contribution >= 4 is 11.3 Å². The molecule has 1 atom stereocenters. The molecule has 2 rings (SSSR count). The van der Waals surface area contributed by atoms with E-state index in [4.69, 9.17) is 10.3 Å². The third-order valence-electron chi connectivity index (χ3n) is 2.04. The lowest BCUT2D eigenvalue weighted by Crippen LogP contribution is -2.27. The zero-order valence-corrected chi connectivity index (χ0v) is 9.18. The predicted molar refractivity (Wildman–Crippen MR) is 55.0 cm³/mol. The summed E-state index contributed by atoms with van der Waals surface area (Å²) in [5.41, 5.74) is 2.39. The van der Waals surface area contributed by atoms with Gasteiger partial charge in [-0.2, -0.15) is 13.2 Å². The van der Waals surface area contributed by atoms with Crippen LogP contribution >= 0.6 is 11.3 Å². The highest BCUT2D eigenvalue weighted by Crippen LogP contribution is 2.35. The molecule has 2 aromatic heterocycles. The molecule has 0 spiro atoms. The topological polar surface area (TPSA) is 64.1 Å². The zero-order chi connectivity index (χ0) is 12.5. The van der Waals surface area contributed by atoms with Gasteiger partial charge in [-0.1, -0.05) is 0 Å². The van der Waals surface area contributed by atoms with Crippen LogP contribution < -0.4 is 11.3 Å². The van der Waals surface area contributed by atoms with Gasteiger partial charge in [0, 0.05) is 6.20 Å². The SMILES string of the molecule is NNC(c1ccco1)c1cnc(C(F)(F)F)s1.